The lowest BCUT2D eigenvalue weighted by molar-refractivity contribution is 0.269. The molecule has 0 bridgehead atoms. The Morgan fingerprint density at radius 3 is 2.30 bits per heavy atom. The van der Waals surface area contributed by atoms with Gasteiger partial charge in [0.1, 0.15) is 6.61 Å². The number of para-hydroxylation sites is 2. The summed E-state index contributed by atoms with van der Waals surface area (Å²) >= 11 is 0. The average molecular weight is 277 g/mol. The quantitative estimate of drug-likeness (QED) is 0.608. The van der Waals surface area contributed by atoms with Crippen molar-refractivity contribution in [3.8, 4) is 11.5 Å². The summed E-state index contributed by atoms with van der Waals surface area (Å²) < 4.78 is 11.4. The molecule has 20 heavy (non-hydrogen) atoms. The predicted octanol–water partition coefficient (Wildman–Crippen LogP) is 3.78. The molecule has 0 radical (unpaired) electrons. The van der Waals surface area contributed by atoms with E-state index in [0.29, 0.717) is 19.3 Å². The van der Waals surface area contributed by atoms with Gasteiger partial charge < -0.3 is 14.8 Å². The van der Waals surface area contributed by atoms with E-state index in [-0.39, 0.29) is 0 Å². The van der Waals surface area contributed by atoms with E-state index in [4.69, 9.17) is 9.47 Å². The monoisotopic (exact) mass is 277 g/mol. The Labute approximate surface area is 122 Å². The van der Waals surface area contributed by atoms with Crippen LogP contribution < -0.4 is 14.8 Å². The Morgan fingerprint density at radius 1 is 1.00 bits per heavy atom. The molecule has 112 valence electrons. The van der Waals surface area contributed by atoms with Crippen LogP contribution in [-0.4, -0.2) is 25.8 Å². The van der Waals surface area contributed by atoms with Crippen molar-refractivity contribution < 1.29 is 9.47 Å². The van der Waals surface area contributed by atoms with E-state index in [9.17, 15) is 0 Å². The predicted molar refractivity (Wildman–Crippen MR) is 82.6 cm³/mol. The molecule has 1 aliphatic carbocycles. The van der Waals surface area contributed by atoms with Crippen LogP contribution in [0.1, 0.15) is 45.4 Å². The average Bonchev–Trinajstić information content (AvgIpc) is 2.74. The molecule has 0 heterocycles. The van der Waals surface area contributed by atoms with Crippen LogP contribution in [0.4, 0.5) is 0 Å². The van der Waals surface area contributed by atoms with Crippen molar-refractivity contribution in [2.45, 2.75) is 51.5 Å². The van der Waals surface area contributed by atoms with E-state index in [2.05, 4.69) is 5.32 Å². The van der Waals surface area contributed by atoms with Gasteiger partial charge in [-0.25, -0.2) is 0 Å². The van der Waals surface area contributed by atoms with E-state index in [0.717, 1.165) is 18.0 Å². The Morgan fingerprint density at radius 2 is 1.65 bits per heavy atom. The summed E-state index contributed by atoms with van der Waals surface area (Å²) in [6, 6.07) is 8.56. The van der Waals surface area contributed by atoms with Crippen LogP contribution >= 0.6 is 0 Å². The van der Waals surface area contributed by atoms with Gasteiger partial charge in [-0.1, -0.05) is 37.8 Å². The van der Waals surface area contributed by atoms with E-state index in [1.807, 2.05) is 31.2 Å². The third-order valence-electron chi connectivity index (χ3n) is 3.80. The Bertz CT molecular complexity index is 373. The Hall–Kier alpha value is -1.22. The summed E-state index contributed by atoms with van der Waals surface area (Å²) in [5.41, 5.74) is 0. The zero-order valence-electron chi connectivity index (χ0n) is 12.6. The summed E-state index contributed by atoms with van der Waals surface area (Å²) in [5, 5.41) is 3.62. The van der Waals surface area contributed by atoms with Gasteiger partial charge >= 0.3 is 0 Å². The van der Waals surface area contributed by atoms with Crippen molar-refractivity contribution in [1.29, 1.82) is 0 Å². The zero-order valence-corrected chi connectivity index (χ0v) is 12.6. The molecule has 3 nitrogen and oxygen atoms in total. The fraction of sp³-hybridized carbons (Fsp3) is 0.647. The van der Waals surface area contributed by atoms with Gasteiger partial charge in [0.25, 0.3) is 0 Å². The topological polar surface area (TPSA) is 30.5 Å². The smallest absolute Gasteiger partial charge is 0.161 e. The van der Waals surface area contributed by atoms with Gasteiger partial charge in [-0.3, -0.25) is 0 Å². The second-order valence-electron chi connectivity index (χ2n) is 5.37. The molecule has 0 unspecified atom stereocenters. The summed E-state index contributed by atoms with van der Waals surface area (Å²) in [5.74, 6) is 1.68. The van der Waals surface area contributed by atoms with Gasteiger partial charge in [-0.15, -0.1) is 0 Å². The molecule has 1 N–H and O–H groups in total. The fourth-order valence-corrected chi connectivity index (χ4v) is 2.75. The molecule has 2 rings (SSSR count). The minimum atomic E-state index is 0.667. The van der Waals surface area contributed by atoms with E-state index >= 15 is 0 Å². The number of hydrogen-bond donors (Lipinski definition) is 1. The Balaban J connectivity index is 1.70. The fourth-order valence-electron chi connectivity index (χ4n) is 2.75. The second-order valence-corrected chi connectivity index (χ2v) is 5.37. The van der Waals surface area contributed by atoms with Crippen LogP contribution in [0.5, 0.6) is 11.5 Å². The van der Waals surface area contributed by atoms with Crippen molar-refractivity contribution in [1.82, 2.24) is 5.32 Å². The van der Waals surface area contributed by atoms with Gasteiger partial charge in [0.2, 0.25) is 0 Å². The summed E-state index contributed by atoms with van der Waals surface area (Å²) in [4.78, 5) is 0. The maximum absolute atomic E-state index is 5.82. The van der Waals surface area contributed by atoms with E-state index in [1.54, 1.807) is 0 Å². The number of benzene rings is 1. The zero-order chi connectivity index (χ0) is 14.0. The van der Waals surface area contributed by atoms with E-state index < -0.39 is 0 Å². The molecule has 1 aromatic rings. The summed E-state index contributed by atoms with van der Waals surface area (Å²) in [7, 11) is 0. The highest BCUT2D eigenvalue weighted by Crippen LogP contribution is 2.26. The number of rotatable bonds is 7. The van der Waals surface area contributed by atoms with Gasteiger partial charge in [0.05, 0.1) is 6.61 Å². The van der Waals surface area contributed by atoms with Crippen molar-refractivity contribution >= 4 is 0 Å². The summed E-state index contributed by atoms with van der Waals surface area (Å²) in [6.07, 6.45) is 8.16. The first-order chi connectivity index (χ1) is 9.90. The first-order valence-corrected chi connectivity index (χ1v) is 7.98. The van der Waals surface area contributed by atoms with Crippen LogP contribution in [0.15, 0.2) is 24.3 Å². The third kappa shape index (κ3) is 5.04. The molecule has 0 aliphatic heterocycles. The number of ether oxygens (including phenoxy) is 2. The normalized spacial score (nSPS) is 16.6. The lowest BCUT2D eigenvalue weighted by Crippen LogP contribution is -2.32. The first-order valence-electron chi connectivity index (χ1n) is 7.98. The first kappa shape index (κ1) is 15.2. The lowest BCUT2D eigenvalue weighted by atomic mass is 10.1. The molecular weight excluding hydrogens is 250 g/mol. The van der Waals surface area contributed by atoms with Crippen molar-refractivity contribution in [3.05, 3.63) is 24.3 Å². The van der Waals surface area contributed by atoms with Gasteiger partial charge in [0, 0.05) is 12.6 Å². The molecule has 0 amide bonds. The molecule has 1 aromatic carbocycles. The van der Waals surface area contributed by atoms with Crippen molar-refractivity contribution in [2.75, 3.05) is 19.8 Å². The molecule has 3 heteroatoms. The van der Waals surface area contributed by atoms with E-state index in [1.165, 1.54) is 38.5 Å². The number of nitrogens with one attached hydrogen (secondary N) is 1. The molecule has 1 saturated carbocycles. The van der Waals surface area contributed by atoms with Crippen molar-refractivity contribution in [3.63, 3.8) is 0 Å². The number of hydrogen-bond acceptors (Lipinski definition) is 3. The highest BCUT2D eigenvalue weighted by molar-refractivity contribution is 5.39. The molecule has 1 fully saturated rings. The van der Waals surface area contributed by atoms with Crippen LogP contribution in [0.2, 0.25) is 0 Å². The minimum Gasteiger partial charge on any atom is -0.490 e. The molecule has 0 aromatic heterocycles. The molecule has 0 saturated heterocycles. The largest absolute Gasteiger partial charge is 0.490 e. The van der Waals surface area contributed by atoms with Crippen LogP contribution in [0.25, 0.3) is 0 Å². The Kier molecular flexibility index (Phi) is 6.72. The van der Waals surface area contributed by atoms with Crippen LogP contribution in [-0.2, 0) is 0 Å². The maximum atomic E-state index is 5.82. The second kappa shape index (κ2) is 8.85. The summed E-state index contributed by atoms with van der Waals surface area (Å²) in [6.45, 7) is 4.26. The highest BCUT2D eigenvalue weighted by atomic mass is 16.5. The third-order valence-corrected chi connectivity index (χ3v) is 3.80. The van der Waals surface area contributed by atoms with Gasteiger partial charge in [-0.2, -0.15) is 0 Å². The highest BCUT2D eigenvalue weighted by Gasteiger charge is 2.11. The van der Waals surface area contributed by atoms with Gasteiger partial charge in [0.15, 0.2) is 11.5 Å². The SMILES string of the molecule is CCOc1ccccc1OCCNC1CCCCCC1. The standard InChI is InChI=1S/C17H27NO2/c1-2-19-16-11-7-8-12-17(16)20-14-13-18-15-9-5-3-4-6-10-15/h7-8,11-12,15,18H,2-6,9-10,13-14H2,1H3. The van der Waals surface area contributed by atoms with Crippen LogP contribution in [0.3, 0.4) is 0 Å². The molecule has 0 atom stereocenters. The minimum absolute atomic E-state index is 0.667. The van der Waals surface area contributed by atoms with Crippen LogP contribution in [0, 0.1) is 0 Å². The molecule has 1 aliphatic rings. The van der Waals surface area contributed by atoms with Gasteiger partial charge in [-0.05, 0) is 31.9 Å². The molecule has 0 spiro atoms. The van der Waals surface area contributed by atoms with Crippen molar-refractivity contribution in [2.24, 2.45) is 0 Å². The maximum Gasteiger partial charge on any atom is 0.161 e. The molecular formula is C17H27NO2. The lowest BCUT2D eigenvalue weighted by Gasteiger charge is -2.17.